The SMILES string of the molecule is COc1cc(C(C)(C#N)CCCC(N)CC2COc3ccccc3O2)cc(OC)c1OC. The Kier molecular flexibility index (Phi) is 7.70. The molecule has 3 atom stereocenters. The van der Waals surface area contributed by atoms with Crippen LogP contribution < -0.4 is 29.4 Å². The molecule has 0 bridgehead atoms. The van der Waals surface area contributed by atoms with Crippen molar-refractivity contribution < 1.29 is 23.7 Å². The summed E-state index contributed by atoms with van der Waals surface area (Å²) in [7, 11) is 4.70. The largest absolute Gasteiger partial charge is 0.493 e. The summed E-state index contributed by atoms with van der Waals surface area (Å²) in [6.45, 7) is 2.42. The molecule has 0 amide bonds. The molecule has 0 aliphatic carbocycles. The predicted molar refractivity (Wildman–Crippen MR) is 122 cm³/mol. The lowest BCUT2D eigenvalue weighted by atomic mass is 9.79. The molecule has 0 aromatic heterocycles. The average molecular weight is 441 g/mol. The summed E-state index contributed by atoms with van der Waals surface area (Å²) in [4.78, 5) is 0. The van der Waals surface area contributed by atoms with E-state index in [1.54, 1.807) is 21.3 Å². The van der Waals surface area contributed by atoms with Gasteiger partial charge >= 0.3 is 0 Å². The maximum atomic E-state index is 9.98. The molecule has 0 radical (unpaired) electrons. The average Bonchev–Trinajstić information content (AvgIpc) is 2.82. The Balaban J connectivity index is 1.60. The van der Waals surface area contributed by atoms with Gasteiger partial charge in [0.15, 0.2) is 23.0 Å². The molecule has 1 aliphatic rings. The number of nitrogens with zero attached hydrogens (tertiary/aromatic N) is 1. The fourth-order valence-electron chi connectivity index (χ4n) is 4.02. The van der Waals surface area contributed by atoms with Crippen molar-refractivity contribution in [3.05, 3.63) is 42.0 Å². The summed E-state index contributed by atoms with van der Waals surface area (Å²) in [5, 5.41) is 9.98. The van der Waals surface area contributed by atoms with Gasteiger partial charge in [-0.05, 0) is 56.0 Å². The predicted octanol–water partition coefficient (Wildman–Crippen LogP) is 4.22. The second-order valence-electron chi connectivity index (χ2n) is 8.24. The Morgan fingerprint density at radius 3 is 2.38 bits per heavy atom. The van der Waals surface area contributed by atoms with Crippen LogP contribution in [-0.2, 0) is 5.41 Å². The molecule has 0 saturated carbocycles. The molecule has 32 heavy (non-hydrogen) atoms. The summed E-state index contributed by atoms with van der Waals surface area (Å²) in [5.41, 5.74) is 6.50. The van der Waals surface area contributed by atoms with Gasteiger partial charge in [-0.25, -0.2) is 0 Å². The number of para-hydroxylation sites is 2. The van der Waals surface area contributed by atoms with Crippen LogP contribution in [0, 0.1) is 11.3 Å². The molecule has 0 saturated heterocycles. The number of nitrogens with two attached hydrogens (primary N) is 1. The smallest absolute Gasteiger partial charge is 0.203 e. The number of nitriles is 1. The van der Waals surface area contributed by atoms with Crippen molar-refractivity contribution >= 4 is 0 Å². The summed E-state index contributed by atoms with van der Waals surface area (Å²) in [6.07, 6.45) is 2.86. The molecule has 0 spiro atoms. The van der Waals surface area contributed by atoms with Crippen LogP contribution in [0.25, 0.3) is 0 Å². The zero-order valence-corrected chi connectivity index (χ0v) is 19.2. The zero-order valence-electron chi connectivity index (χ0n) is 19.2. The van der Waals surface area contributed by atoms with Crippen LogP contribution in [0.15, 0.2) is 36.4 Å². The lowest BCUT2D eigenvalue weighted by molar-refractivity contribution is 0.0789. The maximum Gasteiger partial charge on any atom is 0.203 e. The van der Waals surface area contributed by atoms with Gasteiger partial charge in [0.25, 0.3) is 0 Å². The van der Waals surface area contributed by atoms with Gasteiger partial charge in [-0.3, -0.25) is 0 Å². The Morgan fingerprint density at radius 2 is 1.78 bits per heavy atom. The molecule has 7 heteroatoms. The molecule has 1 aliphatic heterocycles. The van der Waals surface area contributed by atoms with Gasteiger partial charge in [0.2, 0.25) is 5.75 Å². The first kappa shape index (κ1) is 23.6. The number of benzene rings is 2. The van der Waals surface area contributed by atoms with E-state index in [1.807, 2.05) is 43.3 Å². The minimum Gasteiger partial charge on any atom is -0.493 e. The highest BCUT2D eigenvalue weighted by atomic mass is 16.6. The Bertz CT molecular complexity index is 933. The van der Waals surface area contributed by atoms with E-state index in [4.69, 9.17) is 29.4 Å². The van der Waals surface area contributed by atoms with Crippen LogP contribution >= 0.6 is 0 Å². The fourth-order valence-corrected chi connectivity index (χ4v) is 4.02. The third kappa shape index (κ3) is 5.20. The van der Waals surface area contributed by atoms with Crippen molar-refractivity contribution in [2.24, 2.45) is 5.73 Å². The molecule has 0 fully saturated rings. The van der Waals surface area contributed by atoms with Gasteiger partial charge in [0.1, 0.15) is 12.7 Å². The van der Waals surface area contributed by atoms with Crippen molar-refractivity contribution in [2.45, 2.75) is 50.2 Å². The van der Waals surface area contributed by atoms with Crippen LogP contribution in [0.5, 0.6) is 28.7 Å². The summed E-state index contributed by atoms with van der Waals surface area (Å²) in [5.74, 6) is 3.12. The van der Waals surface area contributed by atoms with Crippen molar-refractivity contribution in [3.63, 3.8) is 0 Å². The number of hydrogen-bond donors (Lipinski definition) is 1. The topological polar surface area (TPSA) is 96.0 Å². The Hall–Kier alpha value is -3.11. The monoisotopic (exact) mass is 440 g/mol. The van der Waals surface area contributed by atoms with E-state index in [1.165, 1.54) is 0 Å². The standard InChI is InChI=1S/C25H32N2O5/c1-25(16-26,17-12-22(28-2)24(30-4)23(13-17)29-3)11-7-8-18(27)14-19-15-31-20-9-5-6-10-21(20)32-19/h5-6,9-10,12-13,18-19H,7-8,11,14-15,27H2,1-4H3. The number of ether oxygens (including phenoxy) is 5. The molecular formula is C25H32N2O5. The number of hydrogen-bond acceptors (Lipinski definition) is 7. The van der Waals surface area contributed by atoms with Gasteiger partial charge in [0.05, 0.1) is 32.8 Å². The first-order valence-corrected chi connectivity index (χ1v) is 10.8. The van der Waals surface area contributed by atoms with E-state index in [0.717, 1.165) is 29.9 Å². The summed E-state index contributed by atoms with van der Waals surface area (Å²) >= 11 is 0. The molecule has 2 aromatic rings. The second-order valence-corrected chi connectivity index (χ2v) is 8.24. The minimum absolute atomic E-state index is 0.0447. The Labute approximate surface area is 190 Å². The van der Waals surface area contributed by atoms with E-state index in [0.29, 0.717) is 36.7 Å². The van der Waals surface area contributed by atoms with Crippen LogP contribution in [0.4, 0.5) is 0 Å². The maximum absolute atomic E-state index is 9.98. The van der Waals surface area contributed by atoms with Gasteiger partial charge in [-0.15, -0.1) is 0 Å². The molecular weight excluding hydrogens is 408 g/mol. The van der Waals surface area contributed by atoms with E-state index >= 15 is 0 Å². The summed E-state index contributed by atoms with van der Waals surface area (Å²) < 4.78 is 28.1. The quantitative estimate of drug-likeness (QED) is 0.591. The van der Waals surface area contributed by atoms with Gasteiger partial charge < -0.3 is 29.4 Å². The third-order valence-electron chi connectivity index (χ3n) is 5.93. The van der Waals surface area contributed by atoms with E-state index in [9.17, 15) is 5.26 Å². The first-order chi connectivity index (χ1) is 15.4. The van der Waals surface area contributed by atoms with Crippen LogP contribution in [-0.4, -0.2) is 40.1 Å². The fraction of sp³-hybridized carbons (Fsp3) is 0.480. The molecule has 3 rings (SSSR count). The van der Waals surface area contributed by atoms with Crippen molar-refractivity contribution in [1.29, 1.82) is 5.26 Å². The normalized spacial score (nSPS) is 17.6. The van der Waals surface area contributed by atoms with Gasteiger partial charge in [0, 0.05) is 12.5 Å². The molecule has 3 unspecified atom stereocenters. The molecule has 2 aromatic carbocycles. The molecule has 1 heterocycles. The van der Waals surface area contributed by atoms with Crippen molar-refractivity contribution in [3.8, 4) is 34.8 Å². The highest BCUT2D eigenvalue weighted by Gasteiger charge is 2.30. The van der Waals surface area contributed by atoms with E-state index in [-0.39, 0.29) is 12.1 Å². The highest BCUT2D eigenvalue weighted by molar-refractivity contribution is 5.56. The number of methoxy groups -OCH3 is 3. The van der Waals surface area contributed by atoms with E-state index in [2.05, 4.69) is 6.07 Å². The van der Waals surface area contributed by atoms with Gasteiger partial charge in [-0.2, -0.15) is 5.26 Å². The van der Waals surface area contributed by atoms with Crippen LogP contribution in [0.3, 0.4) is 0 Å². The minimum atomic E-state index is -0.712. The Morgan fingerprint density at radius 1 is 1.12 bits per heavy atom. The first-order valence-electron chi connectivity index (χ1n) is 10.8. The highest BCUT2D eigenvalue weighted by Crippen LogP contribution is 2.42. The molecule has 7 nitrogen and oxygen atoms in total. The van der Waals surface area contributed by atoms with Crippen LogP contribution in [0.1, 0.15) is 38.2 Å². The van der Waals surface area contributed by atoms with Crippen LogP contribution in [0.2, 0.25) is 0 Å². The number of rotatable bonds is 10. The summed E-state index contributed by atoms with van der Waals surface area (Å²) in [6, 6.07) is 13.8. The van der Waals surface area contributed by atoms with Crippen molar-refractivity contribution in [2.75, 3.05) is 27.9 Å². The lowest BCUT2D eigenvalue weighted by Crippen LogP contribution is -2.36. The zero-order chi connectivity index (χ0) is 23.1. The second kappa shape index (κ2) is 10.5. The van der Waals surface area contributed by atoms with Gasteiger partial charge in [-0.1, -0.05) is 12.1 Å². The molecule has 2 N–H and O–H groups in total. The van der Waals surface area contributed by atoms with Crippen molar-refractivity contribution in [1.82, 2.24) is 0 Å². The van der Waals surface area contributed by atoms with E-state index < -0.39 is 5.41 Å². The third-order valence-corrected chi connectivity index (χ3v) is 5.93. The lowest BCUT2D eigenvalue weighted by Gasteiger charge is -2.29. The molecule has 172 valence electrons. The number of fused-ring (bicyclic) bond motifs is 1.